The van der Waals surface area contributed by atoms with Gasteiger partial charge >= 0.3 is 0 Å². The molecule has 0 aliphatic heterocycles. The predicted molar refractivity (Wildman–Crippen MR) is 75.9 cm³/mol. The lowest BCUT2D eigenvalue weighted by Gasteiger charge is -2.16. The second-order valence-corrected chi connectivity index (χ2v) is 4.39. The van der Waals surface area contributed by atoms with Gasteiger partial charge in [0.25, 0.3) is 0 Å². The number of aromatic nitrogens is 1. The summed E-state index contributed by atoms with van der Waals surface area (Å²) in [6.45, 7) is 3.74. The molecule has 18 heavy (non-hydrogen) atoms. The van der Waals surface area contributed by atoms with Gasteiger partial charge in [-0.15, -0.1) is 6.58 Å². The second-order valence-electron chi connectivity index (χ2n) is 4.39. The quantitative estimate of drug-likeness (QED) is 0.353. The molecule has 0 aliphatic carbocycles. The van der Waals surface area contributed by atoms with Crippen LogP contribution in [0.2, 0.25) is 0 Å². The number of pyridine rings is 1. The molecule has 3 nitrogen and oxygen atoms in total. The van der Waals surface area contributed by atoms with Gasteiger partial charge in [0, 0.05) is 17.6 Å². The van der Waals surface area contributed by atoms with E-state index in [1.165, 1.54) is 5.56 Å². The van der Waals surface area contributed by atoms with Crippen LogP contribution in [0.25, 0.3) is 10.9 Å². The topological polar surface area (TPSA) is 50.9 Å². The third kappa shape index (κ3) is 2.94. The first-order valence-corrected chi connectivity index (χ1v) is 6.27. The summed E-state index contributed by atoms with van der Waals surface area (Å²) in [5.41, 5.74) is 5.11. The number of nitrogens with zero attached hydrogens (tertiary/aromatic N) is 1. The van der Waals surface area contributed by atoms with Gasteiger partial charge in [-0.05, 0) is 43.0 Å². The number of nitrogens with one attached hydrogen (secondary N) is 1. The van der Waals surface area contributed by atoms with E-state index in [1.807, 2.05) is 24.4 Å². The maximum Gasteiger partial charge on any atom is 0.0702 e. The highest BCUT2D eigenvalue weighted by molar-refractivity contribution is 5.79. The molecule has 0 spiro atoms. The lowest BCUT2D eigenvalue weighted by atomic mass is 10.00. The molecule has 3 N–H and O–H groups in total. The SMILES string of the molecule is C=CCCCC(NN)c1ccc2ncccc2c1. The molecule has 1 aromatic carbocycles. The summed E-state index contributed by atoms with van der Waals surface area (Å²) < 4.78 is 0. The van der Waals surface area contributed by atoms with E-state index in [9.17, 15) is 0 Å². The molecule has 2 aromatic rings. The van der Waals surface area contributed by atoms with Crippen molar-refractivity contribution in [3.63, 3.8) is 0 Å². The number of unbranched alkanes of at least 4 members (excludes halogenated alkanes) is 1. The Morgan fingerprint density at radius 2 is 2.28 bits per heavy atom. The van der Waals surface area contributed by atoms with Crippen molar-refractivity contribution in [2.45, 2.75) is 25.3 Å². The van der Waals surface area contributed by atoms with Crippen LogP contribution in [0, 0.1) is 0 Å². The number of rotatable bonds is 6. The Kier molecular flexibility index (Phi) is 4.45. The average Bonchev–Trinajstić information content (AvgIpc) is 2.43. The molecule has 0 radical (unpaired) electrons. The fourth-order valence-corrected chi connectivity index (χ4v) is 2.12. The van der Waals surface area contributed by atoms with E-state index in [2.05, 4.69) is 35.2 Å². The molecule has 0 saturated heterocycles. The van der Waals surface area contributed by atoms with Gasteiger partial charge in [0.2, 0.25) is 0 Å². The minimum Gasteiger partial charge on any atom is -0.271 e. The smallest absolute Gasteiger partial charge is 0.0702 e. The Morgan fingerprint density at radius 1 is 1.39 bits per heavy atom. The normalized spacial score (nSPS) is 12.5. The number of hydrogen-bond acceptors (Lipinski definition) is 3. The van der Waals surface area contributed by atoms with Crippen molar-refractivity contribution < 1.29 is 0 Å². The van der Waals surface area contributed by atoms with Crippen LogP contribution in [0.4, 0.5) is 0 Å². The van der Waals surface area contributed by atoms with Gasteiger partial charge in [0.1, 0.15) is 0 Å². The fourth-order valence-electron chi connectivity index (χ4n) is 2.12. The summed E-state index contributed by atoms with van der Waals surface area (Å²) in [7, 11) is 0. The van der Waals surface area contributed by atoms with Gasteiger partial charge in [-0.1, -0.05) is 18.2 Å². The van der Waals surface area contributed by atoms with E-state index in [0.29, 0.717) is 0 Å². The van der Waals surface area contributed by atoms with E-state index in [0.717, 1.165) is 30.2 Å². The number of benzene rings is 1. The van der Waals surface area contributed by atoms with Crippen LogP contribution in [-0.4, -0.2) is 4.98 Å². The van der Waals surface area contributed by atoms with Crippen molar-refractivity contribution in [1.29, 1.82) is 0 Å². The Morgan fingerprint density at radius 3 is 3.06 bits per heavy atom. The van der Waals surface area contributed by atoms with Crippen LogP contribution in [0.15, 0.2) is 49.2 Å². The summed E-state index contributed by atoms with van der Waals surface area (Å²) in [5.74, 6) is 5.64. The Hall–Kier alpha value is -1.71. The van der Waals surface area contributed by atoms with Crippen molar-refractivity contribution in [1.82, 2.24) is 10.4 Å². The van der Waals surface area contributed by atoms with E-state index in [4.69, 9.17) is 5.84 Å². The summed E-state index contributed by atoms with van der Waals surface area (Å²) in [6, 6.07) is 10.5. The van der Waals surface area contributed by atoms with E-state index in [1.54, 1.807) is 0 Å². The zero-order valence-electron chi connectivity index (χ0n) is 10.5. The first kappa shape index (κ1) is 12.7. The molecule has 94 valence electrons. The third-order valence-corrected chi connectivity index (χ3v) is 3.13. The molecule has 1 atom stereocenters. The highest BCUT2D eigenvalue weighted by Gasteiger charge is 2.09. The van der Waals surface area contributed by atoms with E-state index < -0.39 is 0 Å². The van der Waals surface area contributed by atoms with Gasteiger partial charge in [0.15, 0.2) is 0 Å². The first-order chi connectivity index (χ1) is 8.85. The molecule has 1 heterocycles. The Labute approximate surface area is 108 Å². The average molecular weight is 241 g/mol. The van der Waals surface area contributed by atoms with Crippen LogP contribution >= 0.6 is 0 Å². The number of hydrazine groups is 1. The van der Waals surface area contributed by atoms with Crippen LogP contribution in [-0.2, 0) is 0 Å². The predicted octanol–water partition coefficient (Wildman–Crippen LogP) is 3.10. The molecule has 2 rings (SSSR count). The molecule has 0 saturated carbocycles. The zero-order valence-corrected chi connectivity index (χ0v) is 10.5. The minimum atomic E-state index is 0.189. The van der Waals surface area contributed by atoms with Gasteiger partial charge < -0.3 is 0 Å². The van der Waals surface area contributed by atoms with Gasteiger partial charge in [-0.3, -0.25) is 16.3 Å². The monoisotopic (exact) mass is 241 g/mol. The summed E-state index contributed by atoms with van der Waals surface area (Å²) >= 11 is 0. The maximum absolute atomic E-state index is 5.64. The number of allylic oxidation sites excluding steroid dienone is 1. The van der Waals surface area contributed by atoms with Crippen molar-refractivity contribution in [3.8, 4) is 0 Å². The lowest BCUT2D eigenvalue weighted by Crippen LogP contribution is -2.27. The number of hydrogen-bond donors (Lipinski definition) is 2. The van der Waals surface area contributed by atoms with Crippen molar-refractivity contribution >= 4 is 10.9 Å². The molecular formula is C15H19N3. The first-order valence-electron chi connectivity index (χ1n) is 6.27. The molecule has 1 aromatic heterocycles. The van der Waals surface area contributed by atoms with Crippen LogP contribution in [0.1, 0.15) is 30.9 Å². The van der Waals surface area contributed by atoms with Crippen molar-refractivity contribution in [3.05, 3.63) is 54.7 Å². The van der Waals surface area contributed by atoms with Crippen molar-refractivity contribution in [2.24, 2.45) is 5.84 Å². The highest BCUT2D eigenvalue weighted by Crippen LogP contribution is 2.22. The zero-order chi connectivity index (χ0) is 12.8. The van der Waals surface area contributed by atoms with Crippen molar-refractivity contribution in [2.75, 3.05) is 0 Å². The Bertz CT molecular complexity index is 522. The summed E-state index contributed by atoms with van der Waals surface area (Å²) in [6.07, 6.45) is 6.87. The standard InChI is InChI=1S/C15H19N3/c1-2-3-4-7-15(18-16)13-8-9-14-12(11-13)6-5-10-17-14/h2,5-6,8-11,15,18H,1,3-4,7,16H2. The van der Waals surface area contributed by atoms with Crippen LogP contribution in [0.3, 0.4) is 0 Å². The fraction of sp³-hybridized carbons (Fsp3) is 0.267. The summed E-state index contributed by atoms with van der Waals surface area (Å²) in [5, 5.41) is 1.15. The largest absolute Gasteiger partial charge is 0.271 e. The van der Waals surface area contributed by atoms with Gasteiger partial charge in [-0.2, -0.15) is 0 Å². The highest BCUT2D eigenvalue weighted by atomic mass is 15.2. The third-order valence-electron chi connectivity index (χ3n) is 3.13. The molecule has 0 amide bonds. The molecule has 0 bridgehead atoms. The second kappa shape index (κ2) is 6.28. The van der Waals surface area contributed by atoms with Gasteiger partial charge in [-0.25, -0.2) is 0 Å². The van der Waals surface area contributed by atoms with E-state index in [-0.39, 0.29) is 6.04 Å². The molecule has 0 fully saturated rings. The van der Waals surface area contributed by atoms with Crippen LogP contribution in [0.5, 0.6) is 0 Å². The maximum atomic E-state index is 5.64. The molecule has 1 unspecified atom stereocenters. The van der Waals surface area contributed by atoms with Gasteiger partial charge in [0.05, 0.1) is 5.52 Å². The minimum absolute atomic E-state index is 0.189. The Balaban J connectivity index is 2.19. The lowest BCUT2D eigenvalue weighted by molar-refractivity contribution is 0.501. The van der Waals surface area contributed by atoms with E-state index >= 15 is 0 Å². The van der Waals surface area contributed by atoms with Crippen LogP contribution < -0.4 is 11.3 Å². The number of fused-ring (bicyclic) bond motifs is 1. The molecule has 3 heteroatoms. The number of nitrogens with two attached hydrogens (primary N) is 1. The molecular weight excluding hydrogens is 222 g/mol. The molecule has 0 aliphatic rings. The summed E-state index contributed by atoms with van der Waals surface area (Å²) in [4.78, 5) is 4.32.